The van der Waals surface area contributed by atoms with Gasteiger partial charge in [-0.25, -0.2) is 0 Å². The highest BCUT2D eigenvalue weighted by Crippen LogP contribution is 2.36. The monoisotopic (exact) mass is 493 g/mol. The van der Waals surface area contributed by atoms with E-state index in [1.165, 1.54) is 68.0 Å². The molecule has 0 aliphatic carbocycles. The molecule has 4 nitrogen and oxygen atoms in total. The molecule has 30 heavy (non-hydrogen) atoms. The van der Waals surface area contributed by atoms with Crippen LogP contribution in [0.4, 0.5) is 0 Å². The minimum atomic E-state index is -1.47. The van der Waals surface area contributed by atoms with Crippen LogP contribution in [0, 0.1) is 0 Å². The third-order valence-corrected chi connectivity index (χ3v) is 20.9. The lowest BCUT2D eigenvalue weighted by Crippen LogP contribution is -2.38. The van der Waals surface area contributed by atoms with E-state index in [1.807, 2.05) is 21.3 Å². The molecule has 0 unspecified atom stereocenters. The summed E-state index contributed by atoms with van der Waals surface area (Å²) in [7, 11) is 2.13. The summed E-state index contributed by atoms with van der Waals surface area (Å²) >= 11 is 0. The second kappa shape index (κ2) is 14.8. The van der Waals surface area contributed by atoms with Crippen molar-refractivity contribution in [2.24, 2.45) is 0 Å². The average molecular weight is 494 g/mol. The summed E-state index contributed by atoms with van der Waals surface area (Å²) in [5.41, 5.74) is 0. The summed E-state index contributed by atoms with van der Waals surface area (Å²) in [6, 6.07) is 9.86. The highest BCUT2D eigenvalue weighted by molar-refractivity contribution is 6.80. The zero-order valence-corrected chi connectivity index (χ0v) is 26.2. The predicted octanol–water partition coefficient (Wildman–Crippen LogP) is 6.77. The standard InChI is InChI=1S/C22H55NO3Si4/c1-23-15-11-19-30(20-12-16-27(5,6)24-2,21-13-17-28(7,8)25-3)22-14-18-29(9,10)26-4/h23H,11-22H2,1-10H3. The van der Waals surface area contributed by atoms with Gasteiger partial charge in [-0.05, 0) is 77.4 Å². The van der Waals surface area contributed by atoms with Gasteiger partial charge in [0.2, 0.25) is 0 Å². The zero-order valence-electron chi connectivity index (χ0n) is 22.2. The normalized spacial score (nSPS) is 13.8. The first-order chi connectivity index (χ1) is 13.9. The van der Waals surface area contributed by atoms with E-state index < -0.39 is 33.0 Å². The molecule has 0 saturated heterocycles. The van der Waals surface area contributed by atoms with E-state index in [4.69, 9.17) is 13.3 Å². The first-order valence-corrected chi connectivity index (χ1v) is 24.3. The van der Waals surface area contributed by atoms with Crippen molar-refractivity contribution in [1.82, 2.24) is 5.32 Å². The van der Waals surface area contributed by atoms with Gasteiger partial charge in [-0.2, -0.15) is 0 Å². The molecule has 0 amide bonds. The van der Waals surface area contributed by atoms with Crippen LogP contribution >= 0.6 is 0 Å². The smallest absolute Gasteiger partial charge is 0.186 e. The molecular weight excluding hydrogens is 439 g/mol. The van der Waals surface area contributed by atoms with Crippen molar-refractivity contribution < 1.29 is 13.3 Å². The quantitative estimate of drug-likeness (QED) is 0.159. The maximum Gasteiger partial charge on any atom is 0.186 e. The summed E-state index contributed by atoms with van der Waals surface area (Å²) in [6.45, 7) is 15.4. The third kappa shape index (κ3) is 14.0. The molecule has 0 rings (SSSR count). The molecule has 0 aliphatic heterocycles. The van der Waals surface area contributed by atoms with Crippen LogP contribution in [0.2, 0.25) is 81.6 Å². The van der Waals surface area contributed by atoms with E-state index in [0.717, 1.165) is 6.54 Å². The van der Waals surface area contributed by atoms with Crippen molar-refractivity contribution in [2.75, 3.05) is 34.9 Å². The van der Waals surface area contributed by atoms with Crippen LogP contribution in [0.1, 0.15) is 25.7 Å². The molecule has 0 aliphatic rings. The topological polar surface area (TPSA) is 39.7 Å². The van der Waals surface area contributed by atoms with E-state index in [1.54, 1.807) is 0 Å². The highest BCUT2D eigenvalue weighted by Gasteiger charge is 2.34. The van der Waals surface area contributed by atoms with Crippen LogP contribution in [0.5, 0.6) is 0 Å². The molecular formula is C22H55NO3Si4. The molecule has 0 bridgehead atoms. The van der Waals surface area contributed by atoms with Gasteiger partial charge in [-0.15, -0.1) is 0 Å². The fraction of sp³-hybridized carbons (Fsp3) is 1.00. The van der Waals surface area contributed by atoms with E-state index in [2.05, 4.69) is 51.6 Å². The minimum Gasteiger partial charge on any atom is -0.420 e. The maximum absolute atomic E-state index is 5.85. The van der Waals surface area contributed by atoms with Gasteiger partial charge in [-0.3, -0.25) is 0 Å². The second-order valence-corrected chi connectivity index (χ2v) is 29.4. The van der Waals surface area contributed by atoms with E-state index in [9.17, 15) is 0 Å². The summed E-state index contributed by atoms with van der Waals surface area (Å²) in [5, 5.41) is 3.39. The molecule has 1 N–H and O–H groups in total. The number of hydrogen-bond acceptors (Lipinski definition) is 4. The first kappa shape index (κ1) is 30.7. The summed E-state index contributed by atoms with van der Waals surface area (Å²) < 4.78 is 17.6. The maximum atomic E-state index is 5.85. The fourth-order valence-corrected chi connectivity index (χ4v) is 14.3. The first-order valence-electron chi connectivity index (χ1n) is 12.2. The van der Waals surface area contributed by atoms with E-state index in [-0.39, 0.29) is 0 Å². The van der Waals surface area contributed by atoms with Crippen LogP contribution in [0.3, 0.4) is 0 Å². The molecule has 0 radical (unpaired) electrons. The molecule has 8 heteroatoms. The van der Waals surface area contributed by atoms with Crippen molar-refractivity contribution in [3.05, 3.63) is 0 Å². The molecule has 0 atom stereocenters. The second-order valence-electron chi connectivity index (χ2n) is 11.2. The SMILES string of the molecule is CNCCC[Si](CCC[Si](C)(C)OC)(CCC[Si](C)(C)OC)CCC[Si](C)(C)OC. The van der Waals surface area contributed by atoms with Gasteiger partial charge in [0.1, 0.15) is 0 Å². The molecule has 0 aromatic carbocycles. The Hall–Kier alpha value is 0.708. The fourth-order valence-electron chi connectivity index (χ4n) is 4.36. The van der Waals surface area contributed by atoms with Gasteiger partial charge in [-0.1, -0.05) is 43.4 Å². The lowest BCUT2D eigenvalue weighted by molar-refractivity contribution is 0.402. The number of hydrogen-bond donors (Lipinski definition) is 1. The van der Waals surface area contributed by atoms with Crippen LogP contribution in [-0.2, 0) is 13.3 Å². The van der Waals surface area contributed by atoms with Gasteiger partial charge < -0.3 is 18.6 Å². The number of rotatable bonds is 19. The summed E-state index contributed by atoms with van der Waals surface area (Å²) in [4.78, 5) is 0. The molecule has 0 fully saturated rings. The Kier molecular flexibility index (Phi) is 15.1. The van der Waals surface area contributed by atoms with Crippen molar-refractivity contribution in [3.8, 4) is 0 Å². The van der Waals surface area contributed by atoms with Gasteiger partial charge >= 0.3 is 0 Å². The predicted molar refractivity (Wildman–Crippen MR) is 145 cm³/mol. The Labute approximate surface area is 193 Å². The Balaban J connectivity index is 5.26. The van der Waals surface area contributed by atoms with Crippen molar-refractivity contribution in [2.45, 2.75) is 107 Å². The van der Waals surface area contributed by atoms with Gasteiger partial charge in [0.15, 0.2) is 25.0 Å². The number of nitrogens with one attached hydrogen (secondary N) is 1. The average Bonchev–Trinajstić information content (AvgIpc) is 2.67. The highest BCUT2D eigenvalue weighted by atomic mass is 28.4. The van der Waals surface area contributed by atoms with Gasteiger partial charge in [0.25, 0.3) is 0 Å². The van der Waals surface area contributed by atoms with Crippen molar-refractivity contribution in [3.63, 3.8) is 0 Å². The molecule has 0 spiro atoms. The van der Waals surface area contributed by atoms with Crippen molar-refractivity contribution in [1.29, 1.82) is 0 Å². The lowest BCUT2D eigenvalue weighted by atomic mass is 10.5. The van der Waals surface area contributed by atoms with E-state index >= 15 is 0 Å². The van der Waals surface area contributed by atoms with Crippen LogP contribution in [0.25, 0.3) is 0 Å². The van der Waals surface area contributed by atoms with Gasteiger partial charge in [0, 0.05) is 21.3 Å². The van der Waals surface area contributed by atoms with Crippen LogP contribution < -0.4 is 5.32 Å². The largest absolute Gasteiger partial charge is 0.420 e. The molecule has 182 valence electrons. The lowest BCUT2D eigenvalue weighted by Gasteiger charge is -2.35. The molecule has 0 heterocycles. The summed E-state index contributed by atoms with van der Waals surface area (Å²) in [5.74, 6) is 0. The minimum absolute atomic E-state index is 1.16. The van der Waals surface area contributed by atoms with E-state index in [0.29, 0.717) is 0 Å². The van der Waals surface area contributed by atoms with Gasteiger partial charge in [0.05, 0.1) is 8.07 Å². The Morgan fingerprint density at radius 3 is 1.07 bits per heavy atom. The molecule has 0 aromatic heterocycles. The van der Waals surface area contributed by atoms with Crippen LogP contribution in [0.15, 0.2) is 0 Å². The molecule has 0 saturated carbocycles. The summed E-state index contributed by atoms with van der Waals surface area (Å²) in [6.07, 6.45) is 5.45. The zero-order chi connectivity index (χ0) is 23.3. The Morgan fingerprint density at radius 1 is 0.500 bits per heavy atom. The third-order valence-electron chi connectivity index (χ3n) is 7.25. The molecule has 0 aromatic rings. The Morgan fingerprint density at radius 2 is 0.800 bits per heavy atom. The van der Waals surface area contributed by atoms with Crippen molar-refractivity contribution >= 4 is 33.0 Å². The van der Waals surface area contributed by atoms with Crippen LogP contribution in [-0.4, -0.2) is 67.9 Å². The Bertz CT molecular complexity index is 393.